The lowest BCUT2D eigenvalue weighted by Crippen LogP contribution is -2.24. The van der Waals surface area contributed by atoms with Crippen molar-refractivity contribution in [1.82, 2.24) is 10.3 Å². The Balaban J connectivity index is 1.76. The van der Waals surface area contributed by atoms with Crippen LogP contribution in [0.25, 0.3) is 6.08 Å². The number of nitrogens with two attached hydrogens (primary N) is 1. The number of pyridine rings is 1. The van der Waals surface area contributed by atoms with Crippen molar-refractivity contribution in [1.29, 1.82) is 0 Å². The van der Waals surface area contributed by atoms with Crippen LogP contribution < -0.4 is 11.1 Å². The van der Waals surface area contributed by atoms with E-state index in [-0.39, 0.29) is 6.61 Å². The molecule has 0 radical (unpaired) electrons. The van der Waals surface area contributed by atoms with Gasteiger partial charge in [0, 0.05) is 24.0 Å². The number of nitrogens with one attached hydrogen (secondary N) is 1. The molecule has 0 saturated heterocycles. The minimum Gasteiger partial charge on any atom is -0.445 e. The summed E-state index contributed by atoms with van der Waals surface area (Å²) in [6, 6.07) is 11.1. The van der Waals surface area contributed by atoms with Crippen LogP contribution in [-0.4, -0.2) is 17.6 Å². The van der Waals surface area contributed by atoms with Crippen LogP contribution in [0.15, 0.2) is 48.7 Å². The third-order valence-electron chi connectivity index (χ3n) is 2.84. The van der Waals surface area contributed by atoms with Gasteiger partial charge in [-0.1, -0.05) is 54.1 Å². The summed E-state index contributed by atoms with van der Waals surface area (Å²) < 4.78 is 5.08. The van der Waals surface area contributed by atoms with Crippen molar-refractivity contribution >= 4 is 29.5 Å². The summed E-state index contributed by atoms with van der Waals surface area (Å²) >= 11 is 5.93. The number of amides is 1. The number of hydrogen-bond acceptors (Lipinski definition) is 4. The Bertz CT molecular complexity index is 639. The molecule has 0 fully saturated rings. The highest BCUT2D eigenvalue weighted by molar-refractivity contribution is 6.31. The summed E-state index contributed by atoms with van der Waals surface area (Å²) in [4.78, 5) is 15.5. The van der Waals surface area contributed by atoms with Gasteiger partial charge in [-0.15, -0.1) is 0 Å². The van der Waals surface area contributed by atoms with Gasteiger partial charge < -0.3 is 15.8 Å². The zero-order valence-electron chi connectivity index (χ0n) is 11.8. The summed E-state index contributed by atoms with van der Waals surface area (Å²) in [6.45, 7) is 0.538. The van der Waals surface area contributed by atoms with Gasteiger partial charge in [0.1, 0.15) is 11.8 Å². The minimum absolute atomic E-state index is 0.234. The molecule has 1 amide bonds. The lowest BCUT2D eigenvalue weighted by atomic mass is 10.2. The van der Waals surface area contributed by atoms with E-state index in [1.165, 1.54) is 6.20 Å². The first-order valence-electron chi connectivity index (χ1n) is 6.68. The van der Waals surface area contributed by atoms with Crippen molar-refractivity contribution in [2.24, 2.45) is 0 Å². The molecule has 0 bridgehead atoms. The van der Waals surface area contributed by atoms with Gasteiger partial charge in [-0.25, -0.2) is 9.78 Å². The zero-order chi connectivity index (χ0) is 15.8. The Hall–Kier alpha value is -2.53. The smallest absolute Gasteiger partial charge is 0.407 e. The Morgan fingerprint density at radius 2 is 2.09 bits per heavy atom. The molecule has 3 N–H and O–H groups in total. The predicted octanol–water partition coefficient (Wildman–Crippen LogP) is 3.26. The average Bonchev–Trinajstić information content (AvgIpc) is 2.53. The number of halogens is 1. The maximum atomic E-state index is 11.5. The fraction of sp³-hybridized carbons (Fsp3) is 0.125. The number of nitrogens with zero attached hydrogens (tertiary/aromatic N) is 1. The van der Waals surface area contributed by atoms with Gasteiger partial charge in [-0.3, -0.25) is 0 Å². The van der Waals surface area contributed by atoms with E-state index in [2.05, 4.69) is 10.3 Å². The third kappa shape index (κ3) is 4.79. The van der Waals surface area contributed by atoms with Crippen LogP contribution in [0.5, 0.6) is 0 Å². The molecule has 0 aliphatic carbocycles. The molecule has 22 heavy (non-hydrogen) atoms. The SMILES string of the molecule is Nc1ccnc(Cl)c1C=CCNC(=O)OCc1ccccc1. The number of alkyl carbamates (subject to hydrolysis) is 1. The summed E-state index contributed by atoms with van der Waals surface area (Å²) in [6.07, 6.45) is 4.48. The summed E-state index contributed by atoms with van der Waals surface area (Å²) in [5.41, 5.74) is 7.88. The van der Waals surface area contributed by atoms with Crippen LogP contribution in [0.3, 0.4) is 0 Å². The van der Waals surface area contributed by atoms with Gasteiger partial charge in [0.05, 0.1) is 0 Å². The van der Waals surface area contributed by atoms with E-state index in [1.54, 1.807) is 18.2 Å². The molecular formula is C16H16ClN3O2. The van der Waals surface area contributed by atoms with Gasteiger partial charge in [0.2, 0.25) is 0 Å². The second kappa shape index (κ2) is 8.05. The third-order valence-corrected chi connectivity index (χ3v) is 3.14. The maximum Gasteiger partial charge on any atom is 0.407 e. The quantitative estimate of drug-likeness (QED) is 0.830. The first-order valence-corrected chi connectivity index (χ1v) is 7.05. The van der Waals surface area contributed by atoms with E-state index in [1.807, 2.05) is 30.3 Å². The maximum absolute atomic E-state index is 11.5. The fourth-order valence-electron chi connectivity index (χ4n) is 1.72. The van der Waals surface area contributed by atoms with Crippen molar-refractivity contribution in [3.63, 3.8) is 0 Å². The lowest BCUT2D eigenvalue weighted by Gasteiger charge is -2.05. The molecule has 0 spiro atoms. The largest absolute Gasteiger partial charge is 0.445 e. The molecule has 0 unspecified atom stereocenters. The summed E-state index contributed by atoms with van der Waals surface area (Å²) in [5.74, 6) is 0. The number of rotatable bonds is 5. The number of anilines is 1. The number of nitrogen functional groups attached to an aromatic ring is 1. The Morgan fingerprint density at radius 3 is 2.82 bits per heavy atom. The van der Waals surface area contributed by atoms with Crippen molar-refractivity contribution < 1.29 is 9.53 Å². The number of benzene rings is 1. The second-order valence-electron chi connectivity index (χ2n) is 4.45. The van der Waals surface area contributed by atoms with Crippen LogP contribution in [0, 0.1) is 0 Å². The van der Waals surface area contributed by atoms with Crippen LogP contribution in [0.4, 0.5) is 10.5 Å². The highest BCUT2D eigenvalue weighted by atomic mass is 35.5. The number of carbonyl (C=O) groups is 1. The van der Waals surface area contributed by atoms with Crippen LogP contribution in [-0.2, 0) is 11.3 Å². The van der Waals surface area contributed by atoms with E-state index < -0.39 is 6.09 Å². The number of ether oxygens (including phenoxy) is 1. The normalized spacial score (nSPS) is 10.6. The van der Waals surface area contributed by atoms with E-state index >= 15 is 0 Å². The number of aromatic nitrogens is 1. The molecule has 5 nitrogen and oxygen atoms in total. The molecule has 6 heteroatoms. The molecular weight excluding hydrogens is 302 g/mol. The van der Waals surface area contributed by atoms with E-state index in [0.29, 0.717) is 22.9 Å². The van der Waals surface area contributed by atoms with E-state index in [4.69, 9.17) is 22.1 Å². The monoisotopic (exact) mass is 317 g/mol. The van der Waals surface area contributed by atoms with Crippen LogP contribution in [0.2, 0.25) is 5.15 Å². The van der Waals surface area contributed by atoms with Crippen molar-refractivity contribution in [2.75, 3.05) is 12.3 Å². The highest BCUT2D eigenvalue weighted by Crippen LogP contribution is 2.20. The minimum atomic E-state index is -0.487. The Morgan fingerprint density at radius 1 is 1.32 bits per heavy atom. The zero-order valence-corrected chi connectivity index (χ0v) is 12.6. The van der Waals surface area contributed by atoms with Crippen molar-refractivity contribution in [3.05, 3.63) is 65.0 Å². The number of carbonyl (C=O) groups excluding carboxylic acids is 1. The van der Waals surface area contributed by atoms with Gasteiger partial charge in [-0.05, 0) is 11.6 Å². The topological polar surface area (TPSA) is 77.2 Å². The first-order chi connectivity index (χ1) is 10.7. The molecule has 1 heterocycles. The summed E-state index contributed by atoms with van der Waals surface area (Å²) in [7, 11) is 0. The molecule has 0 atom stereocenters. The second-order valence-corrected chi connectivity index (χ2v) is 4.81. The van der Waals surface area contributed by atoms with Crippen molar-refractivity contribution in [3.8, 4) is 0 Å². The molecule has 0 aliphatic heterocycles. The Labute approximate surface area is 133 Å². The van der Waals surface area contributed by atoms with E-state index in [9.17, 15) is 4.79 Å². The molecule has 2 rings (SSSR count). The van der Waals surface area contributed by atoms with Crippen LogP contribution in [0.1, 0.15) is 11.1 Å². The lowest BCUT2D eigenvalue weighted by molar-refractivity contribution is 0.141. The van der Waals surface area contributed by atoms with Gasteiger partial charge in [0.15, 0.2) is 0 Å². The summed E-state index contributed by atoms with van der Waals surface area (Å²) in [5, 5.41) is 2.93. The predicted molar refractivity (Wildman–Crippen MR) is 87.3 cm³/mol. The molecule has 0 aliphatic rings. The van der Waals surface area contributed by atoms with Gasteiger partial charge >= 0.3 is 6.09 Å². The van der Waals surface area contributed by atoms with Crippen molar-refractivity contribution in [2.45, 2.75) is 6.61 Å². The van der Waals surface area contributed by atoms with E-state index in [0.717, 1.165) is 5.56 Å². The van der Waals surface area contributed by atoms with Gasteiger partial charge in [0.25, 0.3) is 0 Å². The highest BCUT2D eigenvalue weighted by Gasteiger charge is 2.02. The van der Waals surface area contributed by atoms with Crippen LogP contribution >= 0.6 is 11.6 Å². The average molecular weight is 318 g/mol. The standard InChI is InChI=1S/C16H16ClN3O2/c17-15-13(14(18)8-10-19-15)7-4-9-20-16(21)22-11-12-5-2-1-3-6-12/h1-8,10H,9,11H2,(H2,18,19)(H,20,21). The number of hydrogen-bond donors (Lipinski definition) is 2. The molecule has 1 aromatic heterocycles. The fourth-order valence-corrected chi connectivity index (χ4v) is 1.95. The first kappa shape index (κ1) is 15.9. The molecule has 1 aromatic carbocycles. The Kier molecular flexibility index (Phi) is 5.80. The van der Waals surface area contributed by atoms with Gasteiger partial charge in [-0.2, -0.15) is 0 Å². The molecule has 114 valence electrons. The molecule has 2 aromatic rings. The molecule has 0 saturated carbocycles.